The zero-order valence-corrected chi connectivity index (χ0v) is 20.6. The summed E-state index contributed by atoms with van der Waals surface area (Å²) in [5.41, 5.74) is 2.96. The highest BCUT2D eigenvalue weighted by molar-refractivity contribution is 7.80. The number of alkyl halides is 3. The van der Waals surface area contributed by atoms with E-state index < -0.39 is 9.96 Å². The Bertz CT molecular complexity index is 826. The summed E-state index contributed by atoms with van der Waals surface area (Å²) >= 11 is 23.5. The van der Waals surface area contributed by atoms with E-state index in [9.17, 15) is 4.79 Å². The molecule has 2 aromatic carbocycles. The van der Waals surface area contributed by atoms with Crippen molar-refractivity contribution in [2.75, 3.05) is 5.32 Å². The van der Waals surface area contributed by atoms with Crippen LogP contribution in [0.15, 0.2) is 54.6 Å². The molecule has 1 amide bonds. The van der Waals surface area contributed by atoms with Gasteiger partial charge in [0.25, 0.3) is 0 Å². The molecule has 8 heteroatoms. The molecule has 168 valence electrons. The molecule has 0 aliphatic heterocycles. The highest BCUT2D eigenvalue weighted by atomic mass is 35.6. The molecule has 0 fully saturated rings. The Balaban J connectivity index is 1.88. The van der Waals surface area contributed by atoms with Crippen LogP contribution in [-0.4, -0.2) is 21.0 Å². The van der Waals surface area contributed by atoms with Gasteiger partial charge in [-0.2, -0.15) is 0 Å². The van der Waals surface area contributed by atoms with Crippen molar-refractivity contribution in [3.63, 3.8) is 0 Å². The van der Waals surface area contributed by atoms with E-state index in [1.165, 1.54) is 31.2 Å². The molecular weight excluding hydrogens is 473 g/mol. The first-order valence-corrected chi connectivity index (χ1v) is 11.9. The largest absolute Gasteiger partial charge is 0.339 e. The molecule has 0 bridgehead atoms. The number of carbonyl (C=O) groups is 1. The number of rotatable bonds is 10. The average molecular weight is 501 g/mol. The van der Waals surface area contributed by atoms with Gasteiger partial charge in [-0.15, -0.1) is 0 Å². The molecule has 0 saturated heterocycles. The minimum absolute atomic E-state index is 0.166. The Kier molecular flexibility index (Phi) is 10.9. The third kappa shape index (κ3) is 10.1. The van der Waals surface area contributed by atoms with Gasteiger partial charge in [0.2, 0.25) is 9.70 Å². The van der Waals surface area contributed by atoms with Crippen LogP contribution in [0, 0.1) is 0 Å². The molecule has 0 radical (unpaired) electrons. The molecule has 2 rings (SSSR count). The first-order valence-electron chi connectivity index (χ1n) is 10.3. The summed E-state index contributed by atoms with van der Waals surface area (Å²) < 4.78 is -1.79. The maximum absolute atomic E-state index is 12.4. The summed E-state index contributed by atoms with van der Waals surface area (Å²) in [7, 11) is 0. The standard InChI is InChI=1S/C23H28Cl3N3OS/c1-2-3-4-6-9-17-12-14-19(15-13-17)27-22(31)29-21(23(24,25)26)28-20(30)16-18-10-7-5-8-11-18/h5,7-8,10-15,21H,2-4,6,9,16H2,1H3,(H,28,30)(H2,27,29,31)/t21-/m0/s1. The van der Waals surface area contributed by atoms with Gasteiger partial charge in [-0.1, -0.05) is 103 Å². The molecule has 31 heavy (non-hydrogen) atoms. The molecule has 4 nitrogen and oxygen atoms in total. The lowest BCUT2D eigenvalue weighted by atomic mass is 10.1. The lowest BCUT2D eigenvalue weighted by molar-refractivity contribution is -0.121. The number of anilines is 1. The van der Waals surface area contributed by atoms with Crippen LogP contribution in [0.4, 0.5) is 5.69 Å². The van der Waals surface area contributed by atoms with E-state index in [0.29, 0.717) is 0 Å². The second kappa shape index (κ2) is 13.1. The molecule has 0 saturated carbocycles. The fourth-order valence-corrected chi connectivity index (χ4v) is 3.56. The maximum atomic E-state index is 12.4. The quantitative estimate of drug-likeness (QED) is 0.158. The van der Waals surface area contributed by atoms with Gasteiger partial charge in [0.15, 0.2) is 5.11 Å². The van der Waals surface area contributed by atoms with E-state index in [2.05, 4.69) is 35.0 Å². The molecule has 1 atom stereocenters. The van der Waals surface area contributed by atoms with Gasteiger partial charge in [0.05, 0.1) is 6.42 Å². The SMILES string of the molecule is CCCCCCc1ccc(NC(=S)N[C@H](NC(=O)Cc2ccccc2)C(Cl)(Cl)Cl)cc1. The van der Waals surface area contributed by atoms with Crippen LogP contribution in [0.3, 0.4) is 0 Å². The van der Waals surface area contributed by atoms with E-state index in [-0.39, 0.29) is 17.4 Å². The minimum atomic E-state index is -1.79. The van der Waals surface area contributed by atoms with Gasteiger partial charge in [-0.05, 0) is 48.3 Å². The second-order valence-electron chi connectivity index (χ2n) is 7.31. The van der Waals surface area contributed by atoms with Gasteiger partial charge < -0.3 is 16.0 Å². The predicted molar refractivity (Wildman–Crippen MR) is 136 cm³/mol. The van der Waals surface area contributed by atoms with Gasteiger partial charge in [-0.25, -0.2) is 0 Å². The van der Waals surface area contributed by atoms with E-state index in [4.69, 9.17) is 47.0 Å². The van der Waals surface area contributed by atoms with Gasteiger partial charge in [-0.3, -0.25) is 4.79 Å². The first-order chi connectivity index (χ1) is 14.8. The number of carbonyl (C=O) groups excluding carboxylic acids is 1. The highest BCUT2D eigenvalue weighted by Gasteiger charge is 2.34. The normalized spacial score (nSPS) is 12.1. The molecule has 3 N–H and O–H groups in total. The topological polar surface area (TPSA) is 53.2 Å². The molecular formula is C23H28Cl3N3OS. The zero-order valence-electron chi connectivity index (χ0n) is 17.5. The van der Waals surface area contributed by atoms with Crippen molar-refractivity contribution in [2.24, 2.45) is 0 Å². The maximum Gasteiger partial charge on any atom is 0.228 e. The fraction of sp³-hybridized carbons (Fsp3) is 0.391. The molecule has 2 aromatic rings. The average Bonchev–Trinajstić information content (AvgIpc) is 2.72. The van der Waals surface area contributed by atoms with Crippen LogP contribution in [0.2, 0.25) is 0 Å². The Labute approximate surface area is 205 Å². The first kappa shape index (κ1) is 25.7. The summed E-state index contributed by atoms with van der Waals surface area (Å²) in [5, 5.41) is 8.88. The zero-order chi connectivity index (χ0) is 22.7. The van der Waals surface area contributed by atoms with Crippen LogP contribution in [0.1, 0.15) is 43.7 Å². The Hall–Kier alpha value is -1.53. The summed E-state index contributed by atoms with van der Waals surface area (Å²) in [5.74, 6) is -0.287. The highest BCUT2D eigenvalue weighted by Crippen LogP contribution is 2.29. The predicted octanol–water partition coefficient (Wildman–Crippen LogP) is 6.15. The van der Waals surface area contributed by atoms with Crippen molar-refractivity contribution < 1.29 is 4.79 Å². The van der Waals surface area contributed by atoms with E-state index in [1.54, 1.807) is 0 Å². The summed E-state index contributed by atoms with van der Waals surface area (Å²) in [6.07, 6.45) is 5.17. The minimum Gasteiger partial charge on any atom is -0.339 e. The Morgan fingerprint density at radius 2 is 1.61 bits per heavy atom. The van der Waals surface area contributed by atoms with E-state index >= 15 is 0 Å². The van der Waals surface area contributed by atoms with Gasteiger partial charge in [0.1, 0.15) is 6.17 Å². The summed E-state index contributed by atoms with van der Waals surface area (Å²) in [6, 6.07) is 17.4. The summed E-state index contributed by atoms with van der Waals surface area (Å²) in [4.78, 5) is 12.4. The smallest absolute Gasteiger partial charge is 0.228 e. The molecule has 0 aromatic heterocycles. The van der Waals surface area contributed by atoms with Gasteiger partial charge >= 0.3 is 0 Å². The van der Waals surface area contributed by atoms with Crippen molar-refractivity contribution in [2.45, 2.75) is 55.4 Å². The number of hydrogen-bond donors (Lipinski definition) is 3. The van der Waals surface area contributed by atoms with Crippen LogP contribution in [0.5, 0.6) is 0 Å². The number of benzene rings is 2. The number of amides is 1. The number of nitrogens with one attached hydrogen (secondary N) is 3. The van der Waals surface area contributed by atoms with Crippen LogP contribution in [0.25, 0.3) is 0 Å². The van der Waals surface area contributed by atoms with Crippen LogP contribution in [-0.2, 0) is 17.6 Å². The number of unbranched alkanes of at least 4 members (excludes halogenated alkanes) is 3. The number of thiocarbonyl (C=S) groups is 1. The third-order valence-electron chi connectivity index (χ3n) is 4.65. The Morgan fingerprint density at radius 3 is 2.23 bits per heavy atom. The second-order valence-corrected chi connectivity index (χ2v) is 10.1. The molecule has 0 aliphatic rings. The van der Waals surface area contributed by atoms with E-state index in [1.807, 2.05) is 42.5 Å². The Morgan fingerprint density at radius 1 is 0.935 bits per heavy atom. The molecule has 0 heterocycles. The third-order valence-corrected chi connectivity index (χ3v) is 5.52. The van der Waals surface area contributed by atoms with Gasteiger partial charge in [0, 0.05) is 5.69 Å². The van der Waals surface area contributed by atoms with Crippen molar-refractivity contribution in [1.82, 2.24) is 10.6 Å². The van der Waals surface area contributed by atoms with Crippen LogP contribution < -0.4 is 16.0 Å². The summed E-state index contributed by atoms with van der Waals surface area (Å²) in [6.45, 7) is 2.21. The fourth-order valence-electron chi connectivity index (χ4n) is 3.00. The van der Waals surface area contributed by atoms with Crippen molar-refractivity contribution >= 4 is 63.7 Å². The number of hydrogen-bond acceptors (Lipinski definition) is 2. The lowest BCUT2D eigenvalue weighted by Gasteiger charge is -2.27. The lowest BCUT2D eigenvalue weighted by Crippen LogP contribution is -2.56. The van der Waals surface area contributed by atoms with Crippen molar-refractivity contribution in [3.8, 4) is 0 Å². The molecule has 0 spiro atoms. The number of aryl methyl sites for hydroxylation is 1. The monoisotopic (exact) mass is 499 g/mol. The van der Waals surface area contributed by atoms with E-state index in [0.717, 1.165) is 17.7 Å². The van der Waals surface area contributed by atoms with Crippen molar-refractivity contribution in [1.29, 1.82) is 0 Å². The number of halogens is 3. The van der Waals surface area contributed by atoms with Crippen LogP contribution >= 0.6 is 47.0 Å². The molecule has 0 unspecified atom stereocenters. The molecule has 0 aliphatic carbocycles. The van der Waals surface area contributed by atoms with Crippen molar-refractivity contribution in [3.05, 3.63) is 65.7 Å².